The van der Waals surface area contributed by atoms with Crippen LogP contribution in [0, 0.1) is 0 Å². The van der Waals surface area contributed by atoms with Crippen LogP contribution in [0.4, 0.5) is 8.78 Å². The molecule has 0 aromatic rings. The van der Waals surface area contributed by atoms with Gasteiger partial charge in [-0.1, -0.05) is 0 Å². The van der Waals surface area contributed by atoms with Gasteiger partial charge in [0.15, 0.2) is 0 Å². The standard InChI is InChI=1S/C6H11F2NO3.ClH/c1-12-5(11)6(7,8)2-4(9)3-10;/h4,10H,2-3,9H2,1H3;1H/t4-;/m1./s1. The van der Waals surface area contributed by atoms with Crippen LogP contribution >= 0.6 is 12.4 Å². The van der Waals surface area contributed by atoms with Gasteiger partial charge in [0.1, 0.15) is 0 Å². The molecule has 0 aliphatic heterocycles. The van der Waals surface area contributed by atoms with Gasteiger partial charge < -0.3 is 15.6 Å². The molecule has 0 aromatic heterocycles. The second kappa shape index (κ2) is 6.06. The Morgan fingerprint density at radius 3 is 2.46 bits per heavy atom. The van der Waals surface area contributed by atoms with Crippen molar-refractivity contribution in [1.82, 2.24) is 0 Å². The van der Waals surface area contributed by atoms with Crippen molar-refractivity contribution in [2.24, 2.45) is 5.73 Å². The topological polar surface area (TPSA) is 72.5 Å². The van der Waals surface area contributed by atoms with E-state index < -0.39 is 31.0 Å². The highest BCUT2D eigenvalue weighted by Gasteiger charge is 2.41. The third-order valence-corrected chi connectivity index (χ3v) is 1.24. The first-order valence-electron chi connectivity index (χ1n) is 3.26. The fraction of sp³-hybridized carbons (Fsp3) is 0.833. The van der Waals surface area contributed by atoms with Crippen LogP contribution in [0.1, 0.15) is 6.42 Å². The van der Waals surface area contributed by atoms with Crippen LogP contribution in [-0.4, -0.2) is 36.8 Å². The van der Waals surface area contributed by atoms with Crippen LogP contribution in [-0.2, 0) is 9.53 Å². The van der Waals surface area contributed by atoms with Crippen LogP contribution in [0.5, 0.6) is 0 Å². The molecule has 0 radical (unpaired) electrons. The summed E-state index contributed by atoms with van der Waals surface area (Å²) in [5, 5.41) is 8.34. The number of carbonyl (C=O) groups excluding carboxylic acids is 1. The molecule has 0 spiro atoms. The molecule has 0 aromatic carbocycles. The summed E-state index contributed by atoms with van der Waals surface area (Å²) >= 11 is 0. The monoisotopic (exact) mass is 219 g/mol. The van der Waals surface area contributed by atoms with E-state index in [1.807, 2.05) is 0 Å². The highest BCUT2D eigenvalue weighted by molar-refractivity contribution is 5.85. The van der Waals surface area contributed by atoms with E-state index in [1.54, 1.807) is 0 Å². The number of rotatable bonds is 4. The summed E-state index contributed by atoms with van der Waals surface area (Å²) in [6.45, 7) is -0.591. The Hall–Kier alpha value is -0.460. The SMILES string of the molecule is COC(=O)C(F)(F)C[C@@H](N)CO.Cl. The lowest BCUT2D eigenvalue weighted by molar-refractivity contribution is -0.170. The van der Waals surface area contributed by atoms with Crippen molar-refractivity contribution in [2.45, 2.75) is 18.4 Å². The van der Waals surface area contributed by atoms with Crippen molar-refractivity contribution in [3.63, 3.8) is 0 Å². The number of ether oxygens (including phenoxy) is 1. The maximum absolute atomic E-state index is 12.6. The average Bonchev–Trinajstić information content (AvgIpc) is 2.02. The van der Waals surface area contributed by atoms with Gasteiger partial charge in [0.2, 0.25) is 0 Å². The minimum absolute atomic E-state index is 0. The van der Waals surface area contributed by atoms with Gasteiger partial charge in [-0.2, -0.15) is 8.78 Å². The fourth-order valence-electron chi connectivity index (χ4n) is 0.626. The van der Waals surface area contributed by atoms with Crippen LogP contribution in [0.15, 0.2) is 0 Å². The van der Waals surface area contributed by atoms with Crippen molar-refractivity contribution in [3.8, 4) is 0 Å². The molecule has 0 aliphatic rings. The van der Waals surface area contributed by atoms with E-state index in [0.717, 1.165) is 7.11 Å². The normalized spacial score (nSPS) is 13.0. The van der Waals surface area contributed by atoms with Gasteiger partial charge in [-0.25, -0.2) is 4.79 Å². The quantitative estimate of drug-likeness (QED) is 0.649. The van der Waals surface area contributed by atoms with Gasteiger partial charge >= 0.3 is 11.9 Å². The molecule has 0 heterocycles. The van der Waals surface area contributed by atoms with Gasteiger partial charge in [-0.05, 0) is 0 Å². The highest BCUT2D eigenvalue weighted by Crippen LogP contribution is 2.20. The second-order valence-corrected chi connectivity index (χ2v) is 2.34. The first kappa shape index (κ1) is 15.0. The van der Waals surface area contributed by atoms with Crippen LogP contribution in [0.2, 0.25) is 0 Å². The zero-order valence-electron chi connectivity index (χ0n) is 7.00. The number of esters is 1. The molecule has 0 bridgehead atoms. The number of carbonyl (C=O) groups is 1. The van der Waals surface area contributed by atoms with Gasteiger partial charge in [0.05, 0.1) is 13.7 Å². The Bertz CT molecular complexity index is 168. The lowest BCUT2D eigenvalue weighted by Crippen LogP contribution is -2.39. The molecule has 13 heavy (non-hydrogen) atoms. The second-order valence-electron chi connectivity index (χ2n) is 2.34. The number of hydrogen-bond acceptors (Lipinski definition) is 4. The summed E-state index contributed by atoms with van der Waals surface area (Å²) in [7, 11) is 0.862. The van der Waals surface area contributed by atoms with Crippen molar-refractivity contribution in [1.29, 1.82) is 0 Å². The molecular formula is C6H12ClF2NO3. The van der Waals surface area contributed by atoms with Crippen LogP contribution in [0.3, 0.4) is 0 Å². The number of aliphatic hydroxyl groups excluding tert-OH is 1. The zero-order chi connectivity index (χ0) is 9.78. The van der Waals surface area contributed by atoms with E-state index in [1.165, 1.54) is 0 Å². The third-order valence-electron chi connectivity index (χ3n) is 1.24. The number of halogens is 3. The Kier molecular flexibility index (Phi) is 7.01. The maximum Gasteiger partial charge on any atom is 0.376 e. The van der Waals surface area contributed by atoms with E-state index >= 15 is 0 Å². The highest BCUT2D eigenvalue weighted by atomic mass is 35.5. The number of nitrogens with two attached hydrogens (primary N) is 1. The Labute approximate surface area is 80.5 Å². The molecule has 3 N–H and O–H groups in total. The number of hydrogen-bond donors (Lipinski definition) is 2. The van der Waals surface area contributed by atoms with E-state index in [9.17, 15) is 13.6 Å². The lowest BCUT2D eigenvalue weighted by Gasteiger charge is -2.16. The molecule has 0 aliphatic carbocycles. The Morgan fingerprint density at radius 2 is 2.15 bits per heavy atom. The van der Waals surface area contributed by atoms with E-state index in [2.05, 4.69) is 4.74 Å². The van der Waals surface area contributed by atoms with E-state index in [4.69, 9.17) is 10.8 Å². The van der Waals surface area contributed by atoms with Gasteiger partial charge in [-0.3, -0.25) is 0 Å². The first-order chi connectivity index (χ1) is 5.44. The molecule has 0 saturated heterocycles. The molecule has 4 nitrogen and oxygen atoms in total. The number of methoxy groups -OCH3 is 1. The largest absolute Gasteiger partial charge is 0.465 e. The van der Waals surface area contributed by atoms with Gasteiger partial charge in [0, 0.05) is 12.5 Å². The smallest absolute Gasteiger partial charge is 0.376 e. The fourth-order valence-corrected chi connectivity index (χ4v) is 0.626. The Morgan fingerprint density at radius 1 is 1.69 bits per heavy atom. The van der Waals surface area contributed by atoms with Crippen LogP contribution in [0.25, 0.3) is 0 Å². The average molecular weight is 220 g/mol. The number of aliphatic hydroxyl groups is 1. The van der Waals surface area contributed by atoms with Crippen molar-refractivity contribution >= 4 is 18.4 Å². The van der Waals surface area contributed by atoms with Crippen molar-refractivity contribution in [2.75, 3.05) is 13.7 Å². The summed E-state index contributed by atoms with van der Waals surface area (Å²) in [6.07, 6.45) is -0.907. The van der Waals surface area contributed by atoms with Gasteiger partial charge in [-0.15, -0.1) is 12.4 Å². The summed E-state index contributed by atoms with van der Waals surface area (Å²) in [5.74, 6) is -5.25. The lowest BCUT2D eigenvalue weighted by atomic mass is 10.1. The van der Waals surface area contributed by atoms with Crippen LogP contribution < -0.4 is 5.73 Å². The first-order valence-corrected chi connectivity index (χ1v) is 3.26. The van der Waals surface area contributed by atoms with Crippen molar-refractivity contribution in [3.05, 3.63) is 0 Å². The third kappa shape index (κ3) is 4.97. The number of alkyl halides is 2. The molecule has 0 saturated carbocycles. The molecule has 7 heteroatoms. The molecule has 80 valence electrons. The van der Waals surface area contributed by atoms with E-state index in [-0.39, 0.29) is 12.4 Å². The Balaban J connectivity index is 0. The predicted octanol–water partition coefficient (Wildman–Crippen LogP) is -0.0738. The summed E-state index contributed by atoms with van der Waals surface area (Å²) in [4.78, 5) is 10.4. The molecular weight excluding hydrogens is 208 g/mol. The molecule has 0 rings (SSSR count). The summed E-state index contributed by atoms with van der Waals surface area (Å²) in [5.41, 5.74) is 5.01. The maximum atomic E-state index is 12.6. The van der Waals surface area contributed by atoms with Crippen molar-refractivity contribution < 1.29 is 23.4 Å². The molecule has 0 fully saturated rings. The molecule has 1 atom stereocenters. The minimum Gasteiger partial charge on any atom is -0.465 e. The predicted molar refractivity (Wildman–Crippen MR) is 43.9 cm³/mol. The van der Waals surface area contributed by atoms with Gasteiger partial charge in [0.25, 0.3) is 0 Å². The minimum atomic E-state index is -3.61. The zero-order valence-corrected chi connectivity index (χ0v) is 7.81. The molecule has 0 amide bonds. The summed E-state index contributed by atoms with van der Waals surface area (Å²) < 4.78 is 29.0. The summed E-state index contributed by atoms with van der Waals surface area (Å²) in [6, 6.07) is -1.11. The molecule has 0 unspecified atom stereocenters. The van der Waals surface area contributed by atoms with E-state index in [0.29, 0.717) is 0 Å².